The lowest BCUT2D eigenvalue weighted by molar-refractivity contribution is -0.116. The van der Waals surface area contributed by atoms with Gasteiger partial charge in [0, 0.05) is 36.5 Å². The molecule has 1 aromatic carbocycles. The van der Waals surface area contributed by atoms with E-state index in [2.05, 4.69) is 15.7 Å². The lowest BCUT2D eigenvalue weighted by Crippen LogP contribution is -2.24. The van der Waals surface area contributed by atoms with Gasteiger partial charge in [-0.3, -0.25) is 19.1 Å². The molecule has 0 aliphatic heterocycles. The number of rotatable bonds is 8. The molecule has 1 heterocycles. The van der Waals surface area contributed by atoms with Gasteiger partial charge in [-0.15, -0.1) is 0 Å². The summed E-state index contributed by atoms with van der Waals surface area (Å²) in [7, 11) is 0. The first-order valence-corrected chi connectivity index (χ1v) is 9.48. The molecule has 0 atom stereocenters. The second-order valence-electron chi connectivity index (χ2n) is 6.91. The molecule has 2 aromatic rings. The summed E-state index contributed by atoms with van der Waals surface area (Å²) in [6.45, 7) is 9.99. The molecule has 150 valence electrons. The molecule has 0 unspecified atom stereocenters. The number of Topliss-reactive ketones (excluding diaryl/α,β-unsaturated/α-hetero) is 1. The van der Waals surface area contributed by atoms with E-state index in [0.717, 1.165) is 17.7 Å². The number of carbonyl (C=O) groups is 3. The summed E-state index contributed by atoms with van der Waals surface area (Å²) in [6, 6.07) is 5.25. The Morgan fingerprint density at radius 1 is 1.14 bits per heavy atom. The molecule has 0 fully saturated rings. The Morgan fingerprint density at radius 2 is 1.86 bits per heavy atom. The van der Waals surface area contributed by atoms with Crippen molar-refractivity contribution in [3.8, 4) is 0 Å². The molecule has 2 N–H and O–H groups in total. The zero-order chi connectivity index (χ0) is 20.8. The Morgan fingerprint density at radius 3 is 2.46 bits per heavy atom. The number of amides is 2. The van der Waals surface area contributed by atoms with E-state index in [4.69, 9.17) is 0 Å². The predicted octanol–water partition coefficient (Wildman–Crippen LogP) is 3.18. The van der Waals surface area contributed by atoms with Crippen LogP contribution in [0.1, 0.15) is 64.4 Å². The molecule has 0 aliphatic rings. The van der Waals surface area contributed by atoms with Gasteiger partial charge in [0.15, 0.2) is 5.78 Å². The first-order valence-electron chi connectivity index (χ1n) is 9.48. The van der Waals surface area contributed by atoms with Crippen LogP contribution in [0.15, 0.2) is 18.2 Å². The van der Waals surface area contributed by atoms with E-state index in [1.807, 2.05) is 26.8 Å². The first kappa shape index (κ1) is 21.3. The van der Waals surface area contributed by atoms with E-state index in [0.29, 0.717) is 35.6 Å². The van der Waals surface area contributed by atoms with Crippen LogP contribution in [0.3, 0.4) is 0 Å². The maximum atomic E-state index is 12.4. The third-order valence-corrected chi connectivity index (χ3v) is 4.59. The van der Waals surface area contributed by atoms with Crippen LogP contribution in [-0.4, -0.2) is 33.9 Å². The van der Waals surface area contributed by atoms with Crippen molar-refractivity contribution < 1.29 is 14.4 Å². The Bertz CT molecular complexity index is 899. The van der Waals surface area contributed by atoms with Crippen molar-refractivity contribution in [3.05, 3.63) is 46.3 Å². The van der Waals surface area contributed by atoms with Crippen LogP contribution >= 0.6 is 0 Å². The Kier molecular flexibility index (Phi) is 7.09. The topological polar surface area (TPSA) is 93.1 Å². The number of hydrogen-bond acceptors (Lipinski definition) is 4. The van der Waals surface area contributed by atoms with E-state index in [1.165, 1.54) is 6.92 Å². The van der Waals surface area contributed by atoms with Crippen LogP contribution in [0, 0.1) is 20.8 Å². The van der Waals surface area contributed by atoms with Crippen LogP contribution in [0.2, 0.25) is 0 Å². The fourth-order valence-corrected chi connectivity index (χ4v) is 3.08. The molecular weight excluding hydrogens is 356 g/mol. The molecule has 1 aromatic heterocycles. The Balaban J connectivity index is 2.04. The van der Waals surface area contributed by atoms with Crippen LogP contribution in [0.25, 0.3) is 0 Å². The minimum atomic E-state index is -0.175. The Hall–Kier alpha value is -2.96. The third-order valence-electron chi connectivity index (χ3n) is 4.59. The van der Waals surface area contributed by atoms with E-state index in [9.17, 15) is 14.4 Å². The lowest BCUT2D eigenvalue weighted by Gasteiger charge is -2.11. The monoisotopic (exact) mass is 384 g/mol. The molecule has 0 radical (unpaired) electrons. The SMILES string of the molecule is CCCNC(=O)c1ccc(C)c(NC(=O)CCn2nc(C)c(C(C)=O)c2C)c1. The molecule has 0 saturated carbocycles. The molecule has 7 nitrogen and oxygen atoms in total. The summed E-state index contributed by atoms with van der Waals surface area (Å²) in [4.78, 5) is 36.2. The van der Waals surface area contributed by atoms with Crippen molar-refractivity contribution in [1.82, 2.24) is 15.1 Å². The van der Waals surface area contributed by atoms with Gasteiger partial charge in [0.2, 0.25) is 5.91 Å². The summed E-state index contributed by atoms with van der Waals surface area (Å²) in [5.41, 5.74) is 4.06. The normalized spacial score (nSPS) is 10.6. The summed E-state index contributed by atoms with van der Waals surface area (Å²) >= 11 is 0. The largest absolute Gasteiger partial charge is 0.352 e. The van der Waals surface area contributed by atoms with E-state index in [-0.39, 0.29) is 24.0 Å². The van der Waals surface area contributed by atoms with Crippen LogP contribution in [0.5, 0.6) is 0 Å². The summed E-state index contributed by atoms with van der Waals surface area (Å²) in [5.74, 6) is -0.359. The number of nitrogens with zero attached hydrogens (tertiary/aromatic N) is 2. The molecule has 0 aliphatic carbocycles. The second-order valence-corrected chi connectivity index (χ2v) is 6.91. The number of benzene rings is 1. The first-order chi connectivity index (χ1) is 13.2. The number of aryl methyl sites for hydroxylation is 3. The highest BCUT2D eigenvalue weighted by Gasteiger charge is 2.16. The van der Waals surface area contributed by atoms with Gasteiger partial charge in [-0.25, -0.2) is 0 Å². The van der Waals surface area contributed by atoms with Gasteiger partial charge >= 0.3 is 0 Å². The average Bonchev–Trinajstić information content (AvgIpc) is 2.93. The number of ketones is 1. The van der Waals surface area contributed by atoms with Gasteiger partial charge in [-0.1, -0.05) is 13.0 Å². The van der Waals surface area contributed by atoms with E-state index in [1.54, 1.807) is 23.7 Å². The highest BCUT2D eigenvalue weighted by molar-refractivity contribution is 5.98. The van der Waals surface area contributed by atoms with Crippen molar-refractivity contribution in [2.24, 2.45) is 0 Å². The van der Waals surface area contributed by atoms with Crippen molar-refractivity contribution in [2.45, 2.75) is 54.0 Å². The van der Waals surface area contributed by atoms with Gasteiger partial charge < -0.3 is 10.6 Å². The van der Waals surface area contributed by atoms with Gasteiger partial charge in [0.05, 0.1) is 11.3 Å². The summed E-state index contributed by atoms with van der Waals surface area (Å²) in [5, 5.41) is 10.1. The lowest BCUT2D eigenvalue weighted by atomic mass is 10.1. The fourth-order valence-electron chi connectivity index (χ4n) is 3.08. The number of aromatic nitrogens is 2. The number of nitrogens with one attached hydrogen (secondary N) is 2. The highest BCUT2D eigenvalue weighted by atomic mass is 16.2. The summed E-state index contributed by atoms with van der Waals surface area (Å²) < 4.78 is 1.69. The molecule has 2 rings (SSSR count). The molecule has 7 heteroatoms. The zero-order valence-electron chi connectivity index (χ0n) is 17.2. The van der Waals surface area contributed by atoms with Crippen LogP contribution in [0.4, 0.5) is 5.69 Å². The number of anilines is 1. The fraction of sp³-hybridized carbons (Fsp3) is 0.429. The van der Waals surface area contributed by atoms with Crippen LogP contribution < -0.4 is 10.6 Å². The van der Waals surface area contributed by atoms with Crippen molar-refractivity contribution >= 4 is 23.3 Å². The van der Waals surface area contributed by atoms with Gasteiger partial charge in [0.25, 0.3) is 5.91 Å². The minimum absolute atomic E-state index is 0.0282. The number of hydrogen-bond donors (Lipinski definition) is 2. The highest BCUT2D eigenvalue weighted by Crippen LogP contribution is 2.18. The van der Waals surface area contributed by atoms with E-state index < -0.39 is 0 Å². The molecule has 0 spiro atoms. The van der Waals surface area contributed by atoms with Gasteiger partial charge in [-0.2, -0.15) is 5.10 Å². The molecule has 2 amide bonds. The molecule has 0 bridgehead atoms. The Labute approximate surface area is 165 Å². The average molecular weight is 384 g/mol. The zero-order valence-corrected chi connectivity index (χ0v) is 17.2. The van der Waals surface area contributed by atoms with E-state index >= 15 is 0 Å². The maximum absolute atomic E-state index is 12.4. The third kappa shape index (κ3) is 5.06. The van der Waals surface area contributed by atoms with Crippen molar-refractivity contribution in [3.63, 3.8) is 0 Å². The molecule has 0 saturated heterocycles. The predicted molar refractivity (Wildman–Crippen MR) is 109 cm³/mol. The second kappa shape index (κ2) is 9.30. The quantitative estimate of drug-likeness (QED) is 0.684. The molecule has 28 heavy (non-hydrogen) atoms. The standard InChI is InChI=1S/C21H28N4O3/c1-6-10-22-21(28)17-8-7-13(2)18(12-17)23-19(27)9-11-25-15(4)20(16(5)26)14(3)24-25/h7-8,12H,6,9-11H2,1-5H3,(H,22,28)(H,23,27). The smallest absolute Gasteiger partial charge is 0.251 e. The number of carbonyl (C=O) groups excluding carboxylic acids is 3. The van der Waals surface area contributed by atoms with Crippen LogP contribution in [-0.2, 0) is 11.3 Å². The minimum Gasteiger partial charge on any atom is -0.352 e. The summed E-state index contributed by atoms with van der Waals surface area (Å²) in [6.07, 6.45) is 1.07. The van der Waals surface area contributed by atoms with Crippen molar-refractivity contribution in [2.75, 3.05) is 11.9 Å². The molecular formula is C21H28N4O3. The van der Waals surface area contributed by atoms with Gasteiger partial charge in [-0.05, 0) is 51.8 Å². The van der Waals surface area contributed by atoms with Crippen molar-refractivity contribution in [1.29, 1.82) is 0 Å². The van der Waals surface area contributed by atoms with Gasteiger partial charge in [0.1, 0.15) is 0 Å². The maximum Gasteiger partial charge on any atom is 0.251 e.